The number of amides is 1. The van der Waals surface area contributed by atoms with Gasteiger partial charge < -0.3 is 9.80 Å². The van der Waals surface area contributed by atoms with Crippen LogP contribution in [0.3, 0.4) is 0 Å². The number of carbonyl (C=O) groups excluding carboxylic acids is 1. The Labute approximate surface area is 182 Å². The molecule has 1 unspecified atom stereocenters. The molecule has 30 heavy (non-hydrogen) atoms. The molecule has 0 aliphatic carbocycles. The van der Waals surface area contributed by atoms with Crippen molar-refractivity contribution in [3.8, 4) is 0 Å². The predicted molar refractivity (Wildman–Crippen MR) is 117 cm³/mol. The number of piperazine rings is 1. The smallest absolute Gasteiger partial charge is 0.244 e. The fraction of sp³-hybridized carbons (Fsp3) is 0.429. The number of halogens is 1. The first-order valence-electron chi connectivity index (χ1n) is 10.1. The molecule has 160 valence electrons. The first kappa shape index (κ1) is 21.1. The van der Waals surface area contributed by atoms with Gasteiger partial charge in [0.2, 0.25) is 5.91 Å². The molecule has 0 spiro atoms. The van der Waals surface area contributed by atoms with Crippen molar-refractivity contribution in [2.45, 2.75) is 6.04 Å². The lowest BCUT2D eigenvalue weighted by molar-refractivity contribution is -0.137. The van der Waals surface area contributed by atoms with Crippen molar-refractivity contribution in [3.63, 3.8) is 0 Å². The molecule has 2 aliphatic heterocycles. The van der Waals surface area contributed by atoms with Crippen LogP contribution in [0.1, 0.15) is 11.6 Å². The minimum Gasteiger partial charge on any atom is -0.353 e. The van der Waals surface area contributed by atoms with Crippen LogP contribution in [0.4, 0.5) is 5.82 Å². The molecule has 7 nitrogen and oxygen atoms in total. The number of hydrogen-bond acceptors (Lipinski definition) is 6. The minimum atomic E-state index is -3.01. The van der Waals surface area contributed by atoms with Crippen molar-refractivity contribution in [2.24, 2.45) is 0 Å². The van der Waals surface area contributed by atoms with Crippen LogP contribution >= 0.6 is 11.6 Å². The summed E-state index contributed by atoms with van der Waals surface area (Å²) in [5, 5.41) is 0.599. The average Bonchev–Trinajstić information content (AvgIpc) is 2.76. The molecule has 2 aromatic rings. The van der Waals surface area contributed by atoms with Gasteiger partial charge in [-0.2, -0.15) is 0 Å². The molecule has 1 aromatic heterocycles. The van der Waals surface area contributed by atoms with Crippen molar-refractivity contribution < 1.29 is 13.2 Å². The van der Waals surface area contributed by atoms with E-state index < -0.39 is 15.9 Å². The molecule has 9 heteroatoms. The number of nitrogens with zero attached hydrogens (tertiary/aromatic N) is 4. The minimum absolute atomic E-state index is 0.0317. The summed E-state index contributed by atoms with van der Waals surface area (Å²) in [7, 11) is -3.01. The zero-order valence-electron chi connectivity index (χ0n) is 16.7. The van der Waals surface area contributed by atoms with Crippen LogP contribution in [0.2, 0.25) is 5.02 Å². The van der Waals surface area contributed by atoms with Crippen LogP contribution in [0, 0.1) is 0 Å². The van der Waals surface area contributed by atoms with Gasteiger partial charge in [0.05, 0.1) is 16.5 Å². The van der Waals surface area contributed by atoms with Crippen molar-refractivity contribution in [2.75, 3.05) is 55.7 Å². The number of rotatable bonds is 4. The van der Waals surface area contributed by atoms with Crippen LogP contribution in [0.5, 0.6) is 0 Å². The second kappa shape index (κ2) is 8.91. The van der Waals surface area contributed by atoms with Gasteiger partial charge in [-0.25, -0.2) is 13.4 Å². The molecule has 0 N–H and O–H groups in total. The van der Waals surface area contributed by atoms with E-state index >= 15 is 0 Å². The third-order valence-corrected chi connectivity index (χ3v) is 7.55. The van der Waals surface area contributed by atoms with Gasteiger partial charge in [-0.3, -0.25) is 9.69 Å². The molecule has 1 atom stereocenters. The highest BCUT2D eigenvalue weighted by molar-refractivity contribution is 7.91. The molecule has 1 aromatic carbocycles. The van der Waals surface area contributed by atoms with E-state index in [1.807, 2.05) is 52.3 Å². The monoisotopic (exact) mass is 448 g/mol. The van der Waals surface area contributed by atoms with Gasteiger partial charge >= 0.3 is 0 Å². The van der Waals surface area contributed by atoms with E-state index in [4.69, 9.17) is 11.6 Å². The molecular formula is C21H25ClN4O3S. The van der Waals surface area contributed by atoms with E-state index in [0.29, 0.717) is 44.3 Å². The maximum atomic E-state index is 13.5. The average molecular weight is 449 g/mol. The summed E-state index contributed by atoms with van der Waals surface area (Å²) in [4.78, 5) is 23.9. The number of carbonyl (C=O) groups is 1. The standard InChI is InChI=1S/C21H25ClN4O3S/c22-18-6-7-19(23-16-18)24-8-10-26(11-9-24)21(27)20(17-4-2-1-3-5-17)25-12-14-30(28,29)15-13-25/h1-7,16,20H,8-15H2. The van der Waals surface area contributed by atoms with Crippen molar-refractivity contribution >= 4 is 33.2 Å². The Morgan fingerprint density at radius 3 is 2.20 bits per heavy atom. The maximum absolute atomic E-state index is 13.5. The van der Waals surface area contributed by atoms with Crippen LogP contribution in [-0.4, -0.2) is 79.9 Å². The molecule has 2 saturated heterocycles. The van der Waals surface area contributed by atoms with Gasteiger partial charge in [0.25, 0.3) is 0 Å². The summed E-state index contributed by atoms with van der Waals surface area (Å²) in [6, 6.07) is 12.9. The maximum Gasteiger partial charge on any atom is 0.244 e. The molecule has 1 amide bonds. The largest absolute Gasteiger partial charge is 0.353 e. The molecule has 3 heterocycles. The molecule has 2 aliphatic rings. The lowest BCUT2D eigenvalue weighted by Crippen LogP contribution is -2.54. The molecule has 4 rings (SSSR count). The molecular weight excluding hydrogens is 424 g/mol. The first-order valence-corrected chi connectivity index (χ1v) is 12.3. The Hall–Kier alpha value is -2.16. The summed E-state index contributed by atoms with van der Waals surface area (Å²) in [6.07, 6.45) is 1.63. The number of pyridine rings is 1. The van der Waals surface area contributed by atoms with Crippen molar-refractivity contribution in [1.29, 1.82) is 0 Å². The summed E-state index contributed by atoms with van der Waals surface area (Å²) < 4.78 is 23.8. The molecule has 0 radical (unpaired) electrons. The Morgan fingerprint density at radius 2 is 1.60 bits per heavy atom. The second-order valence-corrected chi connectivity index (χ2v) is 10.4. The lowest BCUT2D eigenvalue weighted by Gasteiger charge is -2.40. The molecule has 2 fully saturated rings. The van der Waals surface area contributed by atoms with Gasteiger partial charge in [0, 0.05) is 45.5 Å². The van der Waals surface area contributed by atoms with E-state index in [-0.39, 0.29) is 17.4 Å². The van der Waals surface area contributed by atoms with E-state index in [2.05, 4.69) is 9.88 Å². The topological polar surface area (TPSA) is 73.8 Å². The van der Waals surface area contributed by atoms with Crippen molar-refractivity contribution in [3.05, 3.63) is 59.2 Å². The summed E-state index contributed by atoms with van der Waals surface area (Å²) in [5.74, 6) is 1.08. The Bertz CT molecular complexity index is 963. The van der Waals surface area contributed by atoms with Crippen LogP contribution < -0.4 is 4.90 Å². The Morgan fingerprint density at radius 1 is 0.933 bits per heavy atom. The first-order chi connectivity index (χ1) is 14.4. The number of anilines is 1. The quantitative estimate of drug-likeness (QED) is 0.710. The normalized spacial score (nSPS) is 20.7. The summed E-state index contributed by atoms with van der Waals surface area (Å²) in [5.41, 5.74) is 0.906. The fourth-order valence-electron chi connectivity index (χ4n) is 4.01. The zero-order chi connectivity index (χ0) is 21.1. The van der Waals surface area contributed by atoms with E-state index in [1.165, 1.54) is 0 Å². The number of aromatic nitrogens is 1. The highest BCUT2D eigenvalue weighted by Crippen LogP contribution is 2.26. The summed E-state index contributed by atoms with van der Waals surface area (Å²) in [6.45, 7) is 3.33. The number of sulfone groups is 1. The van der Waals surface area contributed by atoms with Gasteiger partial charge in [0.1, 0.15) is 11.9 Å². The zero-order valence-corrected chi connectivity index (χ0v) is 18.2. The number of benzene rings is 1. The van der Waals surface area contributed by atoms with Crippen molar-refractivity contribution in [1.82, 2.24) is 14.8 Å². The third-order valence-electron chi connectivity index (χ3n) is 5.72. The van der Waals surface area contributed by atoms with Gasteiger partial charge in [-0.1, -0.05) is 41.9 Å². The molecule has 0 saturated carbocycles. The SMILES string of the molecule is O=C(C(c1ccccc1)N1CCS(=O)(=O)CC1)N1CCN(c2ccc(Cl)cn2)CC1. The van der Waals surface area contributed by atoms with Crippen LogP contribution in [-0.2, 0) is 14.6 Å². The Balaban J connectivity index is 1.48. The second-order valence-electron chi connectivity index (χ2n) is 7.65. The van der Waals surface area contributed by atoms with E-state index in [1.54, 1.807) is 6.20 Å². The molecule has 0 bridgehead atoms. The van der Waals surface area contributed by atoms with E-state index in [0.717, 1.165) is 11.4 Å². The predicted octanol–water partition coefficient (Wildman–Crippen LogP) is 1.86. The van der Waals surface area contributed by atoms with Gasteiger partial charge in [0.15, 0.2) is 9.84 Å². The lowest BCUT2D eigenvalue weighted by atomic mass is 10.0. The Kier molecular flexibility index (Phi) is 6.26. The number of hydrogen-bond donors (Lipinski definition) is 0. The fourth-order valence-corrected chi connectivity index (χ4v) is 5.35. The van der Waals surface area contributed by atoms with Gasteiger partial charge in [-0.15, -0.1) is 0 Å². The van der Waals surface area contributed by atoms with Crippen LogP contribution in [0.25, 0.3) is 0 Å². The summed E-state index contributed by atoms with van der Waals surface area (Å²) >= 11 is 5.92. The third kappa shape index (κ3) is 4.77. The van der Waals surface area contributed by atoms with E-state index in [9.17, 15) is 13.2 Å². The highest BCUT2D eigenvalue weighted by Gasteiger charge is 2.35. The highest BCUT2D eigenvalue weighted by atomic mass is 35.5. The van der Waals surface area contributed by atoms with Crippen LogP contribution in [0.15, 0.2) is 48.7 Å². The van der Waals surface area contributed by atoms with Gasteiger partial charge in [-0.05, 0) is 17.7 Å².